The van der Waals surface area contributed by atoms with E-state index in [-0.39, 0.29) is 5.84 Å². The molecular weight excluding hydrogens is 460 g/mol. The van der Waals surface area contributed by atoms with Gasteiger partial charge in [0.05, 0.1) is 11.4 Å². The van der Waals surface area contributed by atoms with Crippen LogP contribution in [0.5, 0.6) is 0 Å². The van der Waals surface area contributed by atoms with E-state index < -0.39 is 0 Å². The van der Waals surface area contributed by atoms with Gasteiger partial charge in [-0.15, -0.1) is 0 Å². The van der Waals surface area contributed by atoms with Crippen LogP contribution in [0.1, 0.15) is 41.3 Å². The molecule has 1 aliphatic carbocycles. The number of likely N-dealkylation sites (tertiary alicyclic amines) is 1. The minimum Gasteiger partial charge on any atom is -0.440 e. The fourth-order valence-corrected chi connectivity index (χ4v) is 6.16. The average molecular weight is 493 g/mol. The lowest BCUT2D eigenvalue weighted by atomic mass is 9.92. The molecule has 2 N–H and O–H groups in total. The van der Waals surface area contributed by atoms with Crippen LogP contribution in [0.15, 0.2) is 39.6 Å². The monoisotopic (exact) mass is 492 g/mol. The second kappa shape index (κ2) is 9.28. The summed E-state index contributed by atoms with van der Waals surface area (Å²) in [5.74, 6) is 3.05. The van der Waals surface area contributed by atoms with Gasteiger partial charge in [-0.3, -0.25) is 10.8 Å². The summed E-state index contributed by atoms with van der Waals surface area (Å²) in [5, 5.41) is 21.0. The van der Waals surface area contributed by atoms with Gasteiger partial charge in [-0.1, -0.05) is 41.2 Å². The fourth-order valence-electron chi connectivity index (χ4n) is 5.40. The van der Waals surface area contributed by atoms with E-state index >= 15 is 0 Å². The highest BCUT2D eigenvalue weighted by atomic mass is 32.2. The maximum Gasteiger partial charge on any atom is 0.192 e. The van der Waals surface area contributed by atoms with Gasteiger partial charge in [0, 0.05) is 36.9 Å². The lowest BCUT2D eigenvalue weighted by Gasteiger charge is -2.22. The topological polar surface area (TPSA) is 106 Å². The number of hydrogen-bond donors (Lipinski definition) is 2. The van der Waals surface area contributed by atoms with Crippen LogP contribution in [0.25, 0.3) is 11.1 Å². The number of aromatic nitrogens is 2. The fraction of sp³-hybridized carbons (Fsp3) is 0.462. The van der Waals surface area contributed by atoms with Crippen LogP contribution in [-0.4, -0.2) is 63.4 Å². The molecule has 184 valence electrons. The number of nitrogens with zero attached hydrogens (tertiary/aromatic N) is 4. The van der Waals surface area contributed by atoms with Crippen molar-refractivity contribution in [2.75, 3.05) is 32.4 Å². The molecule has 5 rings (SSSR count). The van der Waals surface area contributed by atoms with Gasteiger partial charge in [0.25, 0.3) is 0 Å². The third kappa shape index (κ3) is 4.43. The van der Waals surface area contributed by atoms with E-state index in [1.165, 1.54) is 35.7 Å². The molecule has 2 atom stereocenters. The molecule has 0 radical (unpaired) electrons. The van der Waals surface area contributed by atoms with E-state index in [9.17, 15) is 0 Å². The summed E-state index contributed by atoms with van der Waals surface area (Å²) in [6.07, 6.45) is 3.63. The molecule has 2 aromatic heterocycles. The SMILES string of the molecule is Cc1ncoc1C(=N)N(C)C(=N)SCCCN1CC2CC2(c2ccc(-c3c(C)noc3C)cc2)C1. The highest BCUT2D eigenvalue weighted by Gasteiger charge is 2.60. The Hall–Kier alpha value is -2.91. The number of oxazole rings is 1. The van der Waals surface area contributed by atoms with Crippen molar-refractivity contribution in [2.45, 2.75) is 39.0 Å². The summed E-state index contributed by atoms with van der Waals surface area (Å²) in [6, 6.07) is 9.02. The van der Waals surface area contributed by atoms with Crippen LogP contribution >= 0.6 is 11.8 Å². The average Bonchev–Trinajstić information content (AvgIpc) is 3.13. The van der Waals surface area contributed by atoms with Crippen molar-refractivity contribution in [3.63, 3.8) is 0 Å². The molecule has 3 heterocycles. The smallest absolute Gasteiger partial charge is 0.192 e. The van der Waals surface area contributed by atoms with E-state index in [1.807, 2.05) is 13.8 Å². The third-order valence-corrected chi connectivity index (χ3v) is 8.50. The maximum absolute atomic E-state index is 8.33. The zero-order valence-corrected chi connectivity index (χ0v) is 21.5. The van der Waals surface area contributed by atoms with Crippen LogP contribution in [-0.2, 0) is 5.41 Å². The van der Waals surface area contributed by atoms with Crippen LogP contribution in [0.4, 0.5) is 0 Å². The van der Waals surface area contributed by atoms with E-state index in [0.29, 0.717) is 22.0 Å². The highest BCUT2D eigenvalue weighted by Crippen LogP contribution is 2.59. The Balaban J connectivity index is 1.10. The summed E-state index contributed by atoms with van der Waals surface area (Å²) in [5.41, 5.74) is 5.63. The van der Waals surface area contributed by atoms with Gasteiger partial charge in [-0.2, -0.15) is 0 Å². The minimum absolute atomic E-state index is 0.166. The summed E-state index contributed by atoms with van der Waals surface area (Å²) < 4.78 is 10.6. The maximum atomic E-state index is 8.33. The van der Waals surface area contributed by atoms with Crippen molar-refractivity contribution in [1.29, 1.82) is 10.8 Å². The number of aryl methyl sites for hydroxylation is 3. The zero-order valence-electron chi connectivity index (χ0n) is 20.7. The molecule has 1 saturated heterocycles. The molecule has 1 aliphatic heterocycles. The molecule has 1 aromatic carbocycles. The first-order valence-electron chi connectivity index (χ1n) is 12.0. The zero-order chi connectivity index (χ0) is 24.7. The Morgan fingerprint density at radius 3 is 2.63 bits per heavy atom. The predicted octanol–water partition coefficient (Wildman–Crippen LogP) is 4.84. The Kier molecular flexibility index (Phi) is 6.31. The minimum atomic E-state index is 0.166. The van der Waals surface area contributed by atoms with Gasteiger partial charge in [0.15, 0.2) is 23.2 Å². The van der Waals surface area contributed by atoms with Crippen LogP contribution in [0.2, 0.25) is 0 Å². The number of fused-ring (bicyclic) bond motifs is 1. The summed E-state index contributed by atoms with van der Waals surface area (Å²) in [4.78, 5) is 8.16. The molecule has 2 fully saturated rings. The largest absolute Gasteiger partial charge is 0.440 e. The van der Waals surface area contributed by atoms with Gasteiger partial charge in [-0.25, -0.2) is 4.98 Å². The molecule has 35 heavy (non-hydrogen) atoms. The van der Waals surface area contributed by atoms with Gasteiger partial charge >= 0.3 is 0 Å². The van der Waals surface area contributed by atoms with Crippen molar-refractivity contribution in [1.82, 2.24) is 19.9 Å². The van der Waals surface area contributed by atoms with Gasteiger partial charge in [-0.05, 0) is 57.2 Å². The molecule has 3 aromatic rings. The van der Waals surface area contributed by atoms with Crippen LogP contribution in [0.3, 0.4) is 0 Å². The third-order valence-electron chi connectivity index (χ3n) is 7.46. The molecule has 9 heteroatoms. The Morgan fingerprint density at radius 2 is 1.97 bits per heavy atom. The van der Waals surface area contributed by atoms with E-state index in [2.05, 4.69) is 39.3 Å². The number of piperidine rings is 1. The molecule has 0 amide bonds. The lowest BCUT2D eigenvalue weighted by molar-refractivity contribution is 0.299. The highest BCUT2D eigenvalue weighted by molar-refractivity contribution is 8.13. The summed E-state index contributed by atoms with van der Waals surface area (Å²) >= 11 is 1.48. The van der Waals surface area contributed by atoms with Crippen molar-refractivity contribution in [2.24, 2.45) is 5.92 Å². The number of hydrogen-bond acceptors (Lipinski definition) is 8. The second-order valence-corrected chi connectivity index (χ2v) is 10.8. The molecule has 0 spiro atoms. The number of thioether (sulfide) groups is 1. The quantitative estimate of drug-likeness (QED) is 0.276. The molecule has 0 bridgehead atoms. The molecular formula is C26H32N6O2S. The first-order chi connectivity index (χ1) is 16.8. The summed E-state index contributed by atoms with van der Waals surface area (Å²) in [7, 11) is 1.73. The van der Waals surface area contributed by atoms with Crippen molar-refractivity contribution < 1.29 is 8.94 Å². The van der Waals surface area contributed by atoms with Crippen molar-refractivity contribution in [3.8, 4) is 11.1 Å². The second-order valence-electron chi connectivity index (χ2n) is 9.75. The van der Waals surface area contributed by atoms with Crippen LogP contribution < -0.4 is 0 Å². The first kappa shape index (κ1) is 23.8. The number of benzene rings is 1. The molecule has 2 aliphatic rings. The first-order valence-corrected chi connectivity index (χ1v) is 13.0. The van der Waals surface area contributed by atoms with Gasteiger partial charge in [0.2, 0.25) is 0 Å². The van der Waals surface area contributed by atoms with E-state index in [1.54, 1.807) is 18.9 Å². The number of amidine groups is 2. The van der Waals surface area contributed by atoms with E-state index in [4.69, 9.17) is 19.8 Å². The Labute approximate surface area is 210 Å². The van der Waals surface area contributed by atoms with E-state index in [0.717, 1.165) is 54.7 Å². The summed E-state index contributed by atoms with van der Waals surface area (Å²) in [6.45, 7) is 9.07. The molecule has 2 unspecified atom stereocenters. The molecule has 1 saturated carbocycles. The molecule has 8 nitrogen and oxygen atoms in total. The van der Waals surface area contributed by atoms with Crippen molar-refractivity contribution >= 4 is 22.8 Å². The van der Waals surface area contributed by atoms with Crippen molar-refractivity contribution in [3.05, 3.63) is 59.1 Å². The lowest BCUT2D eigenvalue weighted by Crippen LogP contribution is -2.31. The number of nitrogens with one attached hydrogen (secondary N) is 2. The van der Waals surface area contributed by atoms with Gasteiger partial charge in [0.1, 0.15) is 5.76 Å². The standard InChI is InChI=1S/C26H32N6O2S/c1-16-22(18(3)34-30-16)19-6-8-20(9-7-19)26-12-21(26)13-32(14-26)10-5-11-35-25(28)31(4)24(27)23-17(2)29-15-33-23/h6-9,15,21,27-28H,5,10-14H2,1-4H3. The number of rotatable bonds is 7. The normalized spacial score (nSPS) is 21.2. The van der Waals surface area contributed by atoms with Crippen LogP contribution in [0, 0.1) is 37.5 Å². The predicted molar refractivity (Wildman–Crippen MR) is 138 cm³/mol. The Bertz CT molecular complexity index is 1230. The van der Waals surface area contributed by atoms with Gasteiger partial charge < -0.3 is 18.7 Å². The Morgan fingerprint density at radius 1 is 1.20 bits per heavy atom.